The molecule has 0 amide bonds. The van der Waals surface area contributed by atoms with E-state index in [4.69, 9.17) is 17.3 Å². The van der Waals surface area contributed by atoms with Gasteiger partial charge in [0.1, 0.15) is 0 Å². The fraction of sp³-hybridized carbons (Fsp3) is 0.250. The van der Waals surface area contributed by atoms with E-state index in [9.17, 15) is 0 Å². The Hall–Kier alpha value is -1.29. The molecule has 0 saturated carbocycles. The van der Waals surface area contributed by atoms with Crippen molar-refractivity contribution in [2.75, 3.05) is 6.54 Å². The van der Waals surface area contributed by atoms with Gasteiger partial charge in [-0.1, -0.05) is 17.7 Å². The number of halogens is 1. The maximum atomic E-state index is 6.14. The Morgan fingerprint density at radius 3 is 2.85 bits per heavy atom. The third kappa shape index (κ3) is 2.75. The smallest absolute Gasteiger partial charge is 0.0498 e. The minimum absolute atomic E-state index is 0.673. The number of aromatic nitrogens is 1. The first kappa shape index (κ1) is 13.7. The molecule has 20 heavy (non-hydrogen) atoms. The Morgan fingerprint density at radius 2 is 2.10 bits per heavy atom. The van der Waals surface area contributed by atoms with E-state index in [1.807, 2.05) is 12.1 Å². The summed E-state index contributed by atoms with van der Waals surface area (Å²) >= 11 is 7.89. The minimum Gasteiger partial charge on any atom is -0.347 e. The number of nitrogens with two attached hydrogens (primary N) is 1. The molecule has 4 heteroatoms. The predicted octanol–water partition coefficient (Wildman–Crippen LogP) is 4.10. The third-order valence-corrected chi connectivity index (χ3v) is 4.53. The van der Waals surface area contributed by atoms with Crippen LogP contribution in [-0.2, 0) is 19.4 Å². The second-order valence-electron chi connectivity index (χ2n) is 4.93. The molecule has 2 aromatic heterocycles. The second-order valence-corrected chi connectivity index (χ2v) is 6.15. The molecule has 0 aliphatic heterocycles. The van der Waals surface area contributed by atoms with Crippen LogP contribution < -0.4 is 5.73 Å². The number of aryl methyl sites for hydroxylation is 2. The van der Waals surface area contributed by atoms with Crippen molar-refractivity contribution in [1.29, 1.82) is 0 Å². The van der Waals surface area contributed by atoms with Gasteiger partial charge in [0, 0.05) is 28.7 Å². The summed E-state index contributed by atoms with van der Waals surface area (Å²) in [6, 6.07) is 8.28. The Morgan fingerprint density at radius 1 is 1.20 bits per heavy atom. The normalized spacial score (nSPS) is 11.3. The van der Waals surface area contributed by atoms with Gasteiger partial charge >= 0.3 is 0 Å². The van der Waals surface area contributed by atoms with Crippen LogP contribution in [0.2, 0.25) is 5.02 Å². The van der Waals surface area contributed by atoms with E-state index in [-0.39, 0.29) is 0 Å². The Labute approximate surface area is 127 Å². The van der Waals surface area contributed by atoms with Gasteiger partial charge in [-0.15, -0.1) is 0 Å². The number of nitrogens with zero attached hydrogens (tertiary/aromatic N) is 1. The quantitative estimate of drug-likeness (QED) is 0.756. The summed E-state index contributed by atoms with van der Waals surface area (Å²) in [4.78, 5) is 0. The fourth-order valence-corrected chi connectivity index (χ4v) is 3.43. The Balaban J connectivity index is 1.94. The molecule has 0 fully saturated rings. The summed E-state index contributed by atoms with van der Waals surface area (Å²) in [5.41, 5.74) is 9.61. The van der Waals surface area contributed by atoms with Crippen LogP contribution in [-0.4, -0.2) is 11.1 Å². The predicted molar refractivity (Wildman–Crippen MR) is 87.7 cm³/mol. The zero-order valence-electron chi connectivity index (χ0n) is 11.2. The monoisotopic (exact) mass is 304 g/mol. The van der Waals surface area contributed by atoms with Crippen LogP contribution >= 0.6 is 22.9 Å². The van der Waals surface area contributed by atoms with Crippen LogP contribution in [0.1, 0.15) is 11.1 Å². The summed E-state index contributed by atoms with van der Waals surface area (Å²) in [6.07, 6.45) is 4.17. The van der Waals surface area contributed by atoms with Crippen molar-refractivity contribution in [2.24, 2.45) is 5.73 Å². The molecular weight excluding hydrogens is 288 g/mol. The number of fused-ring (bicyclic) bond motifs is 1. The van der Waals surface area contributed by atoms with Crippen molar-refractivity contribution in [3.8, 4) is 0 Å². The molecule has 0 atom stereocenters. The van der Waals surface area contributed by atoms with Crippen molar-refractivity contribution >= 4 is 33.8 Å². The first-order chi connectivity index (χ1) is 9.78. The summed E-state index contributed by atoms with van der Waals surface area (Å²) in [5, 5.41) is 6.39. The zero-order chi connectivity index (χ0) is 13.9. The Bertz CT molecular complexity index is 701. The van der Waals surface area contributed by atoms with E-state index < -0.39 is 0 Å². The van der Waals surface area contributed by atoms with E-state index in [0.717, 1.165) is 24.4 Å². The van der Waals surface area contributed by atoms with Gasteiger partial charge in [0.2, 0.25) is 0 Å². The number of hydrogen-bond donors (Lipinski definition) is 1. The molecule has 0 bridgehead atoms. The number of benzene rings is 1. The van der Waals surface area contributed by atoms with Gasteiger partial charge in [0.15, 0.2) is 0 Å². The van der Waals surface area contributed by atoms with Crippen LogP contribution in [0.25, 0.3) is 10.9 Å². The van der Waals surface area contributed by atoms with Crippen LogP contribution in [0, 0.1) is 0 Å². The highest BCUT2D eigenvalue weighted by Crippen LogP contribution is 2.25. The average Bonchev–Trinajstić information content (AvgIpc) is 3.05. The number of rotatable bonds is 5. The third-order valence-electron chi connectivity index (χ3n) is 3.56. The van der Waals surface area contributed by atoms with E-state index in [1.165, 1.54) is 22.0 Å². The van der Waals surface area contributed by atoms with Crippen LogP contribution in [0.15, 0.2) is 41.2 Å². The van der Waals surface area contributed by atoms with Crippen molar-refractivity contribution < 1.29 is 0 Å². The van der Waals surface area contributed by atoms with Gasteiger partial charge in [0.25, 0.3) is 0 Å². The van der Waals surface area contributed by atoms with Crippen LogP contribution in [0.3, 0.4) is 0 Å². The summed E-state index contributed by atoms with van der Waals surface area (Å²) in [7, 11) is 0. The molecule has 0 aliphatic carbocycles. The number of hydrogen-bond acceptors (Lipinski definition) is 2. The molecule has 0 radical (unpaired) electrons. The molecule has 104 valence electrons. The molecule has 0 spiro atoms. The van der Waals surface area contributed by atoms with Gasteiger partial charge in [-0.25, -0.2) is 0 Å². The standard InChI is InChI=1S/C16H17ClN2S/c17-14-1-2-15-13(3-6-18)10-19(16(15)9-14)7-4-12-5-8-20-11-12/h1-2,5,8-11H,3-4,6-7,18H2. The molecule has 3 aromatic rings. The molecular formula is C16H17ClN2S. The lowest BCUT2D eigenvalue weighted by molar-refractivity contribution is 0.720. The van der Waals surface area contributed by atoms with Crippen molar-refractivity contribution in [2.45, 2.75) is 19.4 Å². The van der Waals surface area contributed by atoms with E-state index >= 15 is 0 Å². The first-order valence-electron chi connectivity index (χ1n) is 6.76. The lowest BCUT2D eigenvalue weighted by atomic mass is 10.1. The first-order valence-corrected chi connectivity index (χ1v) is 8.08. The summed E-state index contributed by atoms with van der Waals surface area (Å²) in [6.45, 7) is 1.64. The molecule has 2 heterocycles. The van der Waals surface area contributed by atoms with Crippen molar-refractivity contribution in [3.05, 3.63) is 57.4 Å². The minimum atomic E-state index is 0.673. The maximum Gasteiger partial charge on any atom is 0.0498 e. The van der Waals surface area contributed by atoms with Gasteiger partial charge in [0.05, 0.1) is 0 Å². The number of thiophene rings is 1. The molecule has 3 rings (SSSR count). The molecule has 0 aliphatic rings. The highest BCUT2D eigenvalue weighted by atomic mass is 35.5. The van der Waals surface area contributed by atoms with Gasteiger partial charge in [-0.05, 0) is 59.5 Å². The lowest BCUT2D eigenvalue weighted by Crippen LogP contribution is -2.02. The lowest BCUT2D eigenvalue weighted by Gasteiger charge is -2.04. The van der Waals surface area contributed by atoms with Crippen LogP contribution in [0.4, 0.5) is 0 Å². The SMILES string of the molecule is NCCc1cn(CCc2ccsc2)c2cc(Cl)ccc12. The van der Waals surface area contributed by atoms with E-state index in [2.05, 4.69) is 33.7 Å². The highest BCUT2D eigenvalue weighted by Gasteiger charge is 2.08. The maximum absolute atomic E-state index is 6.14. The molecule has 0 unspecified atom stereocenters. The molecule has 2 N–H and O–H groups in total. The van der Waals surface area contributed by atoms with Crippen molar-refractivity contribution in [1.82, 2.24) is 4.57 Å². The molecule has 1 aromatic carbocycles. The van der Waals surface area contributed by atoms with Gasteiger partial charge < -0.3 is 10.3 Å². The van der Waals surface area contributed by atoms with E-state index in [0.29, 0.717) is 6.54 Å². The average molecular weight is 305 g/mol. The summed E-state index contributed by atoms with van der Waals surface area (Å²) < 4.78 is 2.30. The topological polar surface area (TPSA) is 30.9 Å². The molecule has 0 saturated heterocycles. The Kier molecular flexibility index (Phi) is 4.10. The van der Waals surface area contributed by atoms with Crippen LogP contribution in [0.5, 0.6) is 0 Å². The molecule has 2 nitrogen and oxygen atoms in total. The van der Waals surface area contributed by atoms with Crippen molar-refractivity contribution in [3.63, 3.8) is 0 Å². The van der Waals surface area contributed by atoms with E-state index in [1.54, 1.807) is 11.3 Å². The second kappa shape index (κ2) is 6.00. The van der Waals surface area contributed by atoms with Gasteiger partial charge in [-0.2, -0.15) is 11.3 Å². The zero-order valence-corrected chi connectivity index (χ0v) is 12.8. The fourth-order valence-electron chi connectivity index (χ4n) is 2.57. The highest BCUT2D eigenvalue weighted by molar-refractivity contribution is 7.07. The van der Waals surface area contributed by atoms with Gasteiger partial charge in [-0.3, -0.25) is 0 Å². The largest absolute Gasteiger partial charge is 0.347 e. The summed E-state index contributed by atoms with van der Waals surface area (Å²) in [5.74, 6) is 0.